The lowest BCUT2D eigenvalue weighted by molar-refractivity contribution is -0.113. The summed E-state index contributed by atoms with van der Waals surface area (Å²) in [5.41, 5.74) is 0.699. The van der Waals surface area contributed by atoms with Crippen molar-refractivity contribution in [2.24, 2.45) is 5.92 Å². The van der Waals surface area contributed by atoms with Gasteiger partial charge in [-0.15, -0.1) is 0 Å². The molecule has 1 amide bonds. The first-order valence-electron chi connectivity index (χ1n) is 6.07. The molecule has 6 heteroatoms. The lowest BCUT2D eigenvalue weighted by atomic mass is 10.2. The number of hydrogen-bond acceptors (Lipinski definition) is 5. The van der Waals surface area contributed by atoms with Gasteiger partial charge < -0.3 is 19.9 Å². The van der Waals surface area contributed by atoms with Crippen LogP contribution in [0, 0.1) is 5.92 Å². The zero-order valence-electron chi connectivity index (χ0n) is 10.7. The van der Waals surface area contributed by atoms with Crippen LogP contribution in [0.3, 0.4) is 0 Å². The number of anilines is 1. The second kappa shape index (κ2) is 6.68. The van der Waals surface area contributed by atoms with Gasteiger partial charge in [0.15, 0.2) is 11.5 Å². The maximum atomic E-state index is 11.7. The van der Waals surface area contributed by atoms with Gasteiger partial charge >= 0.3 is 0 Å². The maximum absolute atomic E-state index is 11.7. The van der Waals surface area contributed by atoms with E-state index in [1.807, 2.05) is 6.92 Å². The standard InChI is InChI=1S/C13H17NO4S/c1-9(5-15)6-19-7-13(16)14-10-2-3-11-12(4-10)18-8-17-11/h2-4,9,15H,5-8H2,1H3,(H,14,16). The van der Waals surface area contributed by atoms with E-state index in [1.54, 1.807) is 18.2 Å². The van der Waals surface area contributed by atoms with Crippen molar-refractivity contribution in [2.45, 2.75) is 6.92 Å². The summed E-state index contributed by atoms with van der Waals surface area (Å²) < 4.78 is 10.4. The topological polar surface area (TPSA) is 67.8 Å². The van der Waals surface area contributed by atoms with Crippen LogP contribution in [0.25, 0.3) is 0 Å². The van der Waals surface area contributed by atoms with Crippen molar-refractivity contribution < 1.29 is 19.4 Å². The molecule has 0 saturated heterocycles. The Balaban J connectivity index is 1.79. The molecule has 1 atom stereocenters. The van der Waals surface area contributed by atoms with Gasteiger partial charge in [0.05, 0.1) is 5.75 Å². The molecular formula is C13H17NO4S. The van der Waals surface area contributed by atoms with Gasteiger partial charge in [-0.05, 0) is 23.8 Å². The average Bonchev–Trinajstić information content (AvgIpc) is 2.85. The number of thioether (sulfide) groups is 1. The molecular weight excluding hydrogens is 266 g/mol. The number of nitrogens with one attached hydrogen (secondary N) is 1. The summed E-state index contributed by atoms with van der Waals surface area (Å²) in [5.74, 6) is 2.64. The van der Waals surface area contributed by atoms with E-state index in [-0.39, 0.29) is 25.2 Å². The molecule has 1 aliphatic heterocycles. The molecule has 1 heterocycles. The average molecular weight is 283 g/mol. The maximum Gasteiger partial charge on any atom is 0.234 e. The number of carbonyl (C=O) groups is 1. The summed E-state index contributed by atoms with van der Waals surface area (Å²) >= 11 is 1.51. The summed E-state index contributed by atoms with van der Waals surface area (Å²) in [7, 11) is 0. The van der Waals surface area contributed by atoms with E-state index in [0.29, 0.717) is 22.9 Å². The van der Waals surface area contributed by atoms with Gasteiger partial charge in [0.1, 0.15) is 0 Å². The van der Waals surface area contributed by atoms with E-state index in [1.165, 1.54) is 11.8 Å². The number of ether oxygens (including phenoxy) is 2. The van der Waals surface area contributed by atoms with Gasteiger partial charge in [-0.1, -0.05) is 6.92 Å². The van der Waals surface area contributed by atoms with Crippen LogP contribution < -0.4 is 14.8 Å². The molecule has 0 radical (unpaired) electrons. The Bertz CT molecular complexity index is 452. The fraction of sp³-hybridized carbons (Fsp3) is 0.462. The summed E-state index contributed by atoms with van der Waals surface area (Å²) in [5, 5.41) is 11.7. The van der Waals surface area contributed by atoms with Crippen molar-refractivity contribution in [3.8, 4) is 11.5 Å². The molecule has 2 N–H and O–H groups in total. The SMILES string of the molecule is CC(CO)CSCC(=O)Nc1ccc2c(c1)OCO2. The van der Waals surface area contributed by atoms with Crippen LogP contribution in [-0.2, 0) is 4.79 Å². The van der Waals surface area contributed by atoms with Crippen LogP contribution in [0.2, 0.25) is 0 Å². The predicted molar refractivity (Wildman–Crippen MR) is 74.8 cm³/mol. The minimum atomic E-state index is -0.0611. The summed E-state index contributed by atoms with van der Waals surface area (Å²) in [6.45, 7) is 2.32. The zero-order valence-corrected chi connectivity index (χ0v) is 11.5. The highest BCUT2D eigenvalue weighted by atomic mass is 32.2. The predicted octanol–water partition coefficient (Wildman–Crippen LogP) is 1.72. The van der Waals surface area contributed by atoms with Gasteiger partial charge in [-0.25, -0.2) is 0 Å². The fourth-order valence-electron chi connectivity index (χ4n) is 1.58. The van der Waals surface area contributed by atoms with Crippen molar-refractivity contribution in [3.05, 3.63) is 18.2 Å². The first-order chi connectivity index (χ1) is 9.19. The number of benzene rings is 1. The van der Waals surface area contributed by atoms with Crippen LogP contribution in [0.15, 0.2) is 18.2 Å². The molecule has 2 rings (SSSR count). The molecule has 0 fully saturated rings. The largest absolute Gasteiger partial charge is 0.454 e. The Morgan fingerprint density at radius 1 is 1.47 bits per heavy atom. The second-order valence-corrected chi connectivity index (χ2v) is 5.45. The van der Waals surface area contributed by atoms with Gasteiger partial charge in [0.25, 0.3) is 0 Å². The number of hydrogen-bond donors (Lipinski definition) is 2. The molecule has 104 valence electrons. The summed E-state index contributed by atoms with van der Waals surface area (Å²) in [6.07, 6.45) is 0. The van der Waals surface area contributed by atoms with Crippen LogP contribution >= 0.6 is 11.8 Å². The van der Waals surface area contributed by atoms with Gasteiger partial charge in [0.2, 0.25) is 12.7 Å². The second-order valence-electron chi connectivity index (χ2n) is 4.42. The van der Waals surface area contributed by atoms with E-state index >= 15 is 0 Å². The van der Waals surface area contributed by atoms with Crippen molar-refractivity contribution in [2.75, 3.05) is 30.2 Å². The van der Waals surface area contributed by atoms with Crippen molar-refractivity contribution in [1.82, 2.24) is 0 Å². The molecule has 19 heavy (non-hydrogen) atoms. The summed E-state index contributed by atoms with van der Waals surface area (Å²) in [6, 6.07) is 5.31. The molecule has 0 spiro atoms. The highest BCUT2D eigenvalue weighted by Crippen LogP contribution is 2.34. The number of aliphatic hydroxyl groups excluding tert-OH is 1. The molecule has 5 nitrogen and oxygen atoms in total. The Labute approximate surface area is 116 Å². The third kappa shape index (κ3) is 4.04. The number of fused-ring (bicyclic) bond motifs is 1. The number of rotatable bonds is 6. The fourth-order valence-corrected chi connectivity index (χ4v) is 2.46. The lowest BCUT2D eigenvalue weighted by Gasteiger charge is -2.08. The van der Waals surface area contributed by atoms with E-state index < -0.39 is 0 Å². The molecule has 0 aromatic heterocycles. The minimum Gasteiger partial charge on any atom is -0.454 e. The summed E-state index contributed by atoms with van der Waals surface area (Å²) in [4.78, 5) is 11.7. The van der Waals surface area contributed by atoms with E-state index in [9.17, 15) is 4.79 Å². The molecule has 0 bridgehead atoms. The Morgan fingerprint density at radius 2 is 2.26 bits per heavy atom. The van der Waals surface area contributed by atoms with Gasteiger partial charge in [-0.3, -0.25) is 4.79 Å². The zero-order chi connectivity index (χ0) is 13.7. The molecule has 0 aliphatic carbocycles. The van der Waals surface area contributed by atoms with Crippen LogP contribution in [0.1, 0.15) is 6.92 Å². The smallest absolute Gasteiger partial charge is 0.234 e. The normalized spacial score (nSPS) is 14.2. The Kier molecular flexibility index (Phi) is 4.93. The van der Waals surface area contributed by atoms with Crippen molar-refractivity contribution >= 4 is 23.4 Å². The van der Waals surface area contributed by atoms with E-state index in [0.717, 1.165) is 5.75 Å². The first kappa shape index (κ1) is 14.0. The first-order valence-corrected chi connectivity index (χ1v) is 7.22. The van der Waals surface area contributed by atoms with Gasteiger partial charge in [-0.2, -0.15) is 11.8 Å². The third-order valence-electron chi connectivity index (χ3n) is 2.60. The lowest BCUT2D eigenvalue weighted by Crippen LogP contribution is -2.15. The number of carbonyl (C=O) groups excluding carboxylic acids is 1. The van der Waals surface area contributed by atoms with Crippen LogP contribution in [-0.4, -0.2) is 35.9 Å². The number of amides is 1. The third-order valence-corrected chi connectivity index (χ3v) is 3.87. The molecule has 1 unspecified atom stereocenters. The molecule has 1 aromatic carbocycles. The van der Waals surface area contributed by atoms with Gasteiger partial charge in [0, 0.05) is 18.4 Å². The van der Waals surface area contributed by atoms with E-state index in [4.69, 9.17) is 14.6 Å². The highest BCUT2D eigenvalue weighted by Gasteiger charge is 2.14. The Hall–Kier alpha value is -1.40. The van der Waals surface area contributed by atoms with Crippen molar-refractivity contribution in [3.63, 3.8) is 0 Å². The Morgan fingerprint density at radius 3 is 3.05 bits per heavy atom. The monoisotopic (exact) mass is 283 g/mol. The van der Waals surface area contributed by atoms with E-state index in [2.05, 4.69) is 5.32 Å². The quantitative estimate of drug-likeness (QED) is 0.832. The van der Waals surface area contributed by atoms with Crippen molar-refractivity contribution in [1.29, 1.82) is 0 Å². The number of aliphatic hydroxyl groups is 1. The van der Waals surface area contributed by atoms with Crippen LogP contribution in [0.4, 0.5) is 5.69 Å². The minimum absolute atomic E-state index is 0.0611. The molecule has 1 aliphatic rings. The molecule has 0 saturated carbocycles. The van der Waals surface area contributed by atoms with Crippen LogP contribution in [0.5, 0.6) is 11.5 Å². The molecule has 1 aromatic rings. The highest BCUT2D eigenvalue weighted by molar-refractivity contribution is 7.99.